The molecule has 116 valence electrons. The molecule has 1 amide bonds. The molecule has 0 saturated carbocycles. The van der Waals surface area contributed by atoms with Gasteiger partial charge < -0.3 is 15.0 Å². The van der Waals surface area contributed by atoms with Crippen molar-refractivity contribution in [3.63, 3.8) is 0 Å². The van der Waals surface area contributed by atoms with Crippen LogP contribution in [0.3, 0.4) is 0 Å². The highest BCUT2D eigenvalue weighted by Gasteiger charge is 2.31. The van der Waals surface area contributed by atoms with E-state index < -0.39 is 0 Å². The van der Waals surface area contributed by atoms with Crippen LogP contribution in [0.25, 0.3) is 0 Å². The van der Waals surface area contributed by atoms with Crippen LogP contribution in [0.2, 0.25) is 0 Å². The molecule has 1 saturated heterocycles. The highest BCUT2D eigenvalue weighted by atomic mass is 16.5. The van der Waals surface area contributed by atoms with Crippen LogP contribution in [0, 0.1) is 25.7 Å². The first kappa shape index (κ1) is 15.8. The molecule has 2 unspecified atom stereocenters. The number of rotatable bonds is 5. The molecule has 0 bridgehead atoms. The molecule has 21 heavy (non-hydrogen) atoms. The summed E-state index contributed by atoms with van der Waals surface area (Å²) in [6, 6.07) is 6.17. The van der Waals surface area contributed by atoms with Crippen LogP contribution < -0.4 is 10.1 Å². The molecule has 1 aliphatic heterocycles. The van der Waals surface area contributed by atoms with Crippen LogP contribution in [-0.4, -0.2) is 44.1 Å². The van der Waals surface area contributed by atoms with E-state index in [1.165, 1.54) is 11.1 Å². The molecule has 1 aliphatic rings. The van der Waals surface area contributed by atoms with Gasteiger partial charge in [0.25, 0.3) is 0 Å². The maximum absolute atomic E-state index is 12.3. The zero-order valence-electron chi connectivity index (χ0n) is 13.5. The molecule has 1 aromatic carbocycles. The third-order valence-corrected chi connectivity index (χ3v) is 4.10. The Morgan fingerprint density at radius 2 is 1.95 bits per heavy atom. The Kier molecular flexibility index (Phi) is 5.23. The first-order chi connectivity index (χ1) is 9.97. The highest BCUT2D eigenvalue weighted by Crippen LogP contribution is 2.18. The monoisotopic (exact) mass is 290 g/mol. The SMILES string of the molecule is Cc1cc(C)cc(OCCN(C)C(=O)C2CNCC2C)c1. The molecular weight excluding hydrogens is 264 g/mol. The molecule has 0 radical (unpaired) electrons. The fourth-order valence-electron chi connectivity index (χ4n) is 2.85. The smallest absolute Gasteiger partial charge is 0.227 e. The van der Waals surface area contributed by atoms with Crippen molar-refractivity contribution in [2.75, 3.05) is 33.3 Å². The van der Waals surface area contributed by atoms with Gasteiger partial charge in [-0.2, -0.15) is 0 Å². The van der Waals surface area contributed by atoms with Gasteiger partial charge >= 0.3 is 0 Å². The first-order valence-electron chi connectivity index (χ1n) is 7.64. The Hall–Kier alpha value is -1.55. The van der Waals surface area contributed by atoms with Gasteiger partial charge in [0.05, 0.1) is 12.5 Å². The third-order valence-electron chi connectivity index (χ3n) is 4.10. The quantitative estimate of drug-likeness (QED) is 0.902. The van der Waals surface area contributed by atoms with Crippen LogP contribution in [0.5, 0.6) is 5.75 Å². The second-order valence-electron chi connectivity index (χ2n) is 6.17. The zero-order valence-corrected chi connectivity index (χ0v) is 13.5. The summed E-state index contributed by atoms with van der Waals surface area (Å²) in [7, 11) is 1.86. The van der Waals surface area contributed by atoms with Gasteiger partial charge in [-0.05, 0) is 49.6 Å². The van der Waals surface area contributed by atoms with Crippen molar-refractivity contribution in [1.29, 1.82) is 0 Å². The van der Waals surface area contributed by atoms with Crippen molar-refractivity contribution in [1.82, 2.24) is 10.2 Å². The molecule has 4 heteroatoms. The average molecular weight is 290 g/mol. The Morgan fingerprint density at radius 3 is 2.52 bits per heavy atom. The summed E-state index contributed by atoms with van der Waals surface area (Å²) in [6.45, 7) is 9.12. The first-order valence-corrected chi connectivity index (χ1v) is 7.64. The Bertz CT molecular complexity index is 481. The predicted octanol–water partition coefficient (Wildman–Crippen LogP) is 2.00. The highest BCUT2D eigenvalue weighted by molar-refractivity contribution is 5.79. The van der Waals surface area contributed by atoms with Gasteiger partial charge in [0.1, 0.15) is 12.4 Å². The van der Waals surface area contributed by atoms with Crippen molar-refractivity contribution in [3.05, 3.63) is 29.3 Å². The summed E-state index contributed by atoms with van der Waals surface area (Å²) in [5.74, 6) is 1.62. The molecule has 2 atom stereocenters. The molecule has 1 fully saturated rings. The topological polar surface area (TPSA) is 41.6 Å². The number of nitrogens with one attached hydrogen (secondary N) is 1. The second-order valence-corrected chi connectivity index (χ2v) is 6.17. The molecule has 1 N–H and O–H groups in total. The number of benzene rings is 1. The lowest BCUT2D eigenvalue weighted by Crippen LogP contribution is -2.38. The number of carbonyl (C=O) groups excluding carboxylic acids is 1. The fraction of sp³-hybridized carbons (Fsp3) is 0.588. The largest absolute Gasteiger partial charge is 0.492 e. The molecule has 0 aliphatic carbocycles. The van der Waals surface area contributed by atoms with Gasteiger partial charge in [-0.25, -0.2) is 0 Å². The Balaban J connectivity index is 1.81. The fourth-order valence-corrected chi connectivity index (χ4v) is 2.85. The van der Waals surface area contributed by atoms with Crippen LogP contribution >= 0.6 is 0 Å². The Labute approximate surface area is 127 Å². The standard InChI is InChI=1S/C17H26N2O2/c1-12-7-13(2)9-15(8-12)21-6-5-19(4)17(20)16-11-18-10-14(16)3/h7-9,14,16,18H,5-6,10-11H2,1-4H3. The van der Waals surface area contributed by atoms with Gasteiger partial charge in [-0.3, -0.25) is 4.79 Å². The summed E-state index contributed by atoms with van der Waals surface area (Å²) in [4.78, 5) is 14.1. The van der Waals surface area contributed by atoms with E-state index in [0.29, 0.717) is 19.1 Å². The lowest BCUT2D eigenvalue weighted by atomic mass is 9.97. The third kappa shape index (κ3) is 4.21. The zero-order chi connectivity index (χ0) is 15.4. The van der Waals surface area contributed by atoms with Crippen molar-refractivity contribution >= 4 is 5.91 Å². The molecule has 0 aromatic heterocycles. The molecular formula is C17H26N2O2. The number of hydrogen-bond acceptors (Lipinski definition) is 3. The van der Waals surface area contributed by atoms with E-state index in [1.54, 1.807) is 4.90 Å². The predicted molar refractivity (Wildman–Crippen MR) is 84.6 cm³/mol. The summed E-state index contributed by atoms with van der Waals surface area (Å²) >= 11 is 0. The van der Waals surface area contributed by atoms with Crippen molar-refractivity contribution < 1.29 is 9.53 Å². The van der Waals surface area contributed by atoms with Crippen molar-refractivity contribution in [2.24, 2.45) is 11.8 Å². The van der Waals surface area contributed by atoms with E-state index in [1.807, 2.05) is 19.2 Å². The second kappa shape index (κ2) is 6.94. The summed E-state index contributed by atoms with van der Waals surface area (Å²) in [5.41, 5.74) is 2.39. The normalized spacial score (nSPS) is 21.3. The van der Waals surface area contributed by atoms with Crippen LogP contribution in [0.15, 0.2) is 18.2 Å². The van der Waals surface area contributed by atoms with E-state index >= 15 is 0 Å². The van der Waals surface area contributed by atoms with Crippen molar-refractivity contribution in [2.45, 2.75) is 20.8 Å². The van der Waals surface area contributed by atoms with E-state index in [-0.39, 0.29) is 11.8 Å². The lowest BCUT2D eigenvalue weighted by Gasteiger charge is -2.23. The number of nitrogens with zero attached hydrogens (tertiary/aromatic N) is 1. The van der Waals surface area contributed by atoms with Gasteiger partial charge in [-0.15, -0.1) is 0 Å². The lowest BCUT2D eigenvalue weighted by molar-refractivity contribution is -0.134. The number of hydrogen-bond donors (Lipinski definition) is 1. The molecule has 1 heterocycles. The van der Waals surface area contributed by atoms with E-state index in [0.717, 1.165) is 18.8 Å². The van der Waals surface area contributed by atoms with Gasteiger partial charge in [0.15, 0.2) is 0 Å². The van der Waals surface area contributed by atoms with E-state index in [4.69, 9.17) is 4.74 Å². The van der Waals surface area contributed by atoms with Gasteiger partial charge in [-0.1, -0.05) is 13.0 Å². The van der Waals surface area contributed by atoms with Crippen molar-refractivity contribution in [3.8, 4) is 5.75 Å². The van der Waals surface area contributed by atoms with Crippen LogP contribution in [0.4, 0.5) is 0 Å². The minimum Gasteiger partial charge on any atom is -0.492 e. The number of carbonyl (C=O) groups is 1. The van der Waals surface area contributed by atoms with Gasteiger partial charge in [0, 0.05) is 13.6 Å². The molecule has 2 rings (SSSR count). The number of likely N-dealkylation sites (N-methyl/N-ethyl adjacent to an activating group) is 1. The maximum atomic E-state index is 12.3. The van der Waals surface area contributed by atoms with Gasteiger partial charge in [0.2, 0.25) is 5.91 Å². The maximum Gasteiger partial charge on any atom is 0.227 e. The van der Waals surface area contributed by atoms with E-state index in [2.05, 4.69) is 32.2 Å². The minimum atomic E-state index is 0.108. The summed E-state index contributed by atoms with van der Waals surface area (Å²) < 4.78 is 5.77. The van der Waals surface area contributed by atoms with Crippen LogP contribution in [0.1, 0.15) is 18.1 Å². The molecule has 0 spiro atoms. The molecule has 4 nitrogen and oxygen atoms in total. The van der Waals surface area contributed by atoms with E-state index in [9.17, 15) is 4.79 Å². The molecule has 1 aromatic rings. The average Bonchev–Trinajstić information content (AvgIpc) is 2.83. The number of ether oxygens (including phenoxy) is 1. The minimum absolute atomic E-state index is 0.108. The number of aryl methyl sites for hydroxylation is 2. The van der Waals surface area contributed by atoms with Crippen LogP contribution in [-0.2, 0) is 4.79 Å². The Morgan fingerprint density at radius 1 is 1.29 bits per heavy atom. The number of amides is 1. The summed E-state index contributed by atoms with van der Waals surface area (Å²) in [6.07, 6.45) is 0. The summed E-state index contributed by atoms with van der Waals surface area (Å²) in [5, 5.41) is 3.27.